The molecule has 2 aromatic carbocycles. The molecule has 2 unspecified atom stereocenters. The summed E-state index contributed by atoms with van der Waals surface area (Å²) in [5.74, 6) is 0.177. The minimum atomic E-state index is -3.82. The number of carbonyl (C=O) groups is 2. The quantitative estimate of drug-likeness (QED) is 0.474. The Labute approximate surface area is 188 Å². The second kappa shape index (κ2) is 11.9. The maximum atomic E-state index is 12.9. The molecule has 0 aliphatic heterocycles. The summed E-state index contributed by atoms with van der Waals surface area (Å²) in [4.78, 5) is 24.5. The molecule has 0 aromatic heterocycles. The van der Waals surface area contributed by atoms with Crippen LogP contribution in [0, 0.1) is 0 Å². The number of rotatable bonds is 11. The Hall–Kier alpha value is -2.36. The van der Waals surface area contributed by atoms with E-state index >= 15 is 0 Å². The third-order valence-corrected chi connectivity index (χ3v) is 6.78. The minimum absolute atomic E-state index is 0.0727. The molecule has 2 amide bonds. The molecule has 0 aliphatic carbocycles. The Kier molecular flexibility index (Phi) is 9.54. The topological polar surface area (TPSA) is 104 Å². The van der Waals surface area contributed by atoms with Gasteiger partial charge in [-0.2, -0.15) is 16.5 Å². The molecule has 0 saturated heterocycles. The first-order valence-corrected chi connectivity index (χ1v) is 12.9. The third-order valence-electron chi connectivity index (χ3n) is 4.65. The maximum absolute atomic E-state index is 12.9. The van der Waals surface area contributed by atoms with Crippen molar-refractivity contribution in [3.63, 3.8) is 0 Å². The number of nitrogens with one attached hydrogen (secondary N) is 3. The van der Waals surface area contributed by atoms with Crippen molar-refractivity contribution in [2.45, 2.75) is 43.7 Å². The predicted octanol–water partition coefficient (Wildman–Crippen LogP) is 3.31. The monoisotopic (exact) mass is 463 g/mol. The van der Waals surface area contributed by atoms with Crippen LogP contribution in [-0.2, 0) is 19.6 Å². The molecule has 3 N–H and O–H groups in total. The zero-order valence-electron chi connectivity index (χ0n) is 17.9. The van der Waals surface area contributed by atoms with Crippen molar-refractivity contribution in [2.24, 2.45) is 0 Å². The van der Waals surface area contributed by atoms with Crippen LogP contribution in [0.2, 0.25) is 0 Å². The van der Waals surface area contributed by atoms with Crippen molar-refractivity contribution >= 4 is 39.3 Å². The Morgan fingerprint density at radius 3 is 2.26 bits per heavy atom. The van der Waals surface area contributed by atoms with Crippen LogP contribution < -0.4 is 15.4 Å². The van der Waals surface area contributed by atoms with Gasteiger partial charge in [0.2, 0.25) is 21.8 Å². The molecule has 168 valence electrons. The van der Waals surface area contributed by atoms with Crippen LogP contribution in [0.5, 0.6) is 0 Å². The van der Waals surface area contributed by atoms with Crippen molar-refractivity contribution in [1.29, 1.82) is 0 Å². The lowest BCUT2D eigenvalue weighted by Crippen LogP contribution is -2.47. The number of sulfonamides is 1. The molecule has 0 spiro atoms. The molecule has 0 aliphatic rings. The zero-order chi connectivity index (χ0) is 22.9. The standard InChI is InChI=1S/C22H29N3O4S2/c1-4-21(26)24-18-12-10-17(11-13-18)16(2)23-22(27)20(14-15-30-3)25-31(28,29)19-8-6-5-7-9-19/h5-13,16,20,25H,4,14-15H2,1-3H3,(H,23,27)(H,24,26). The zero-order valence-corrected chi connectivity index (χ0v) is 19.6. The average Bonchev–Trinajstić information content (AvgIpc) is 2.77. The van der Waals surface area contributed by atoms with Crippen molar-refractivity contribution in [3.05, 3.63) is 60.2 Å². The molecular formula is C22H29N3O4S2. The Bertz CT molecular complexity index is 964. The molecule has 0 saturated carbocycles. The van der Waals surface area contributed by atoms with Crippen LogP contribution in [0.15, 0.2) is 59.5 Å². The van der Waals surface area contributed by atoms with Crippen molar-refractivity contribution < 1.29 is 18.0 Å². The number of thioether (sulfide) groups is 1. The molecular weight excluding hydrogens is 434 g/mol. The van der Waals surface area contributed by atoms with Crippen LogP contribution in [0.1, 0.15) is 38.3 Å². The lowest BCUT2D eigenvalue weighted by molar-refractivity contribution is -0.123. The van der Waals surface area contributed by atoms with Crippen LogP contribution in [0.4, 0.5) is 5.69 Å². The van der Waals surface area contributed by atoms with Gasteiger partial charge in [0.15, 0.2) is 0 Å². The van der Waals surface area contributed by atoms with Gasteiger partial charge < -0.3 is 10.6 Å². The molecule has 9 heteroatoms. The summed E-state index contributed by atoms with van der Waals surface area (Å²) < 4.78 is 27.9. The molecule has 31 heavy (non-hydrogen) atoms. The largest absolute Gasteiger partial charge is 0.348 e. The predicted molar refractivity (Wildman–Crippen MR) is 125 cm³/mol. The summed E-state index contributed by atoms with van der Waals surface area (Å²) in [5, 5.41) is 5.66. The number of amides is 2. The van der Waals surface area contributed by atoms with E-state index in [4.69, 9.17) is 0 Å². The van der Waals surface area contributed by atoms with Crippen LogP contribution in [0.25, 0.3) is 0 Å². The van der Waals surface area contributed by atoms with E-state index in [1.165, 1.54) is 12.1 Å². The van der Waals surface area contributed by atoms with Gasteiger partial charge in [0.25, 0.3) is 0 Å². The Morgan fingerprint density at radius 1 is 1.03 bits per heavy atom. The van der Waals surface area contributed by atoms with Gasteiger partial charge in [-0.3, -0.25) is 9.59 Å². The van der Waals surface area contributed by atoms with Gasteiger partial charge in [0.05, 0.1) is 10.9 Å². The normalized spacial score (nSPS) is 13.3. The van der Waals surface area contributed by atoms with E-state index in [0.29, 0.717) is 24.3 Å². The highest BCUT2D eigenvalue weighted by Crippen LogP contribution is 2.17. The fourth-order valence-electron chi connectivity index (χ4n) is 2.84. The first kappa shape index (κ1) is 24.9. The second-order valence-electron chi connectivity index (χ2n) is 7.02. The number of benzene rings is 2. The molecule has 2 aromatic rings. The lowest BCUT2D eigenvalue weighted by atomic mass is 10.1. The van der Waals surface area contributed by atoms with Gasteiger partial charge in [-0.1, -0.05) is 37.3 Å². The smallest absolute Gasteiger partial charge is 0.241 e. The second-order valence-corrected chi connectivity index (χ2v) is 9.72. The highest BCUT2D eigenvalue weighted by molar-refractivity contribution is 7.98. The van der Waals surface area contributed by atoms with Crippen LogP contribution >= 0.6 is 11.8 Å². The summed E-state index contributed by atoms with van der Waals surface area (Å²) >= 11 is 1.54. The molecule has 2 rings (SSSR count). The van der Waals surface area contributed by atoms with E-state index in [1.54, 1.807) is 49.0 Å². The lowest BCUT2D eigenvalue weighted by Gasteiger charge is -2.21. The molecule has 0 bridgehead atoms. The molecule has 7 nitrogen and oxygen atoms in total. The van der Waals surface area contributed by atoms with Gasteiger partial charge >= 0.3 is 0 Å². The third kappa shape index (κ3) is 7.68. The molecule has 0 fully saturated rings. The first-order chi connectivity index (χ1) is 14.8. The average molecular weight is 464 g/mol. The van der Waals surface area contributed by atoms with E-state index in [9.17, 15) is 18.0 Å². The minimum Gasteiger partial charge on any atom is -0.348 e. The van der Waals surface area contributed by atoms with Crippen molar-refractivity contribution in [3.8, 4) is 0 Å². The summed E-state index contributed by atoms with van der Waals surface area (Å²) in [6.07, 6.45) is 2.67. The first-order valence-electron chi connectivity index (χ1n) is 10.0. The van der Waals surface area contributed by atoms with Crippen molar-refractivity contribution in [1.82, 2.24) is 10.0 Å². The Morgan fingerprint density at radius 2 is 1.68 bits per heavy atom. The number of carbonyl (C=O) groups excluding carboxylic acids is 2. The number of hydrogen-bond donors (Lipinski definition) is 3. The van der Waals surface area contributed by atoms with Gasteiger partial charge in [-0.15, -0.1) is 0 Å². The van der Waals surface area contributed by atoms with Crippen LogP contribution in [0.3, 0.4) is 0 Å². The van der Waals surface area contributed by atoms with Gasteiger partial charge in [-0.25, -0.2) is 8.42 Å². The summed E-state index contributed by atoms with van der Waals surface area (Å²) in [5.41, 5.74) is 1.53. The molecule has 0 radical (unpaired) electrons. The fraction of sp³-hybridized carbons (Fsp3) is 0.364. The highest BCUT2D eigenvalue weighted by atomic mass is 32.2. The van der Waals surface area contributed by atoms with Crippen molar-refractivity contribution in [2.75, 3.05) is 17.3 Å². The van der Waals surface area contributed by atoms with Gasteiger partial charge in [-0.05, 0) is 55.2 Å². The molecule has 0 heterocycles. The molecule has 2 atom stereocenters. The summed E-state index contributed by atoms with van der Waals surface area (Å²) in [6.45, 7) is 3.61. The summed E-state index contributed by atoms with van der Waals surface area (Å²) in [7, 11) is -3.82. The fourth-order valence-corrected chi connectivity index (χ4v) is 4.56. The van der Waals surface area contributed by atoms with E-state index < -0.39 is 16.1 Å². The SMILES string of the molecule is CCC(=O)Nc1ccc(C(C)NC(=O)C(CCSC)NS(=O)(=O)c2ccccc2)cc1. The van der Waals surface area contributed by atoms with E-state index in [0.717, 1.165) is 5.56 Å². The maximum Gasteiger partial charge on any atom is 0.241 e. The number of hydrogen-bond acceptors (Lipinski definition) is 5. The van der Waals surface area contributed by atoms with Gasteiger partial charge in [0, 0.05) is 12.1 Å². The van der Waals surface area contributed by atoms with Gasteiger partial charge in [0.1, 0.15) is 6.04 Å². The van der Waals surface area contributed by atoms with E-state index in [2.05, 4.69) is 15.4 Å². The number of anilines is 1. The van der Waals surface area contributed by atoms with E-state index in [-0.39, 0.29) is 22.8 Å². The summed E-state index contributed by atoms with van der Waals surface area (Å²) in [6, 6.07) is 14.0. The van der Waals surface area contributed by atoms with E-state index in [1.807, 2.05) is 25.3 Å². The highest BCUT2D eigenvalue weighted by Gasteiger charge is 2.26. The van der Waals surface area contributed by atoms with Crippen LogP contribution in [-0.4, -0.2) is 38.3 Å². The Balaban J connectivity index is 2.08.